The molecule has 4 atom stereocenters. The first-order valence-electron chi connectivity index (χ1n) is 5.82. The van der Waals surface area contributed by atoms with Crippen LogP contribution in [0.3, 0.4) is 0 Å². The molecule has 0 spiro atoms. The van der Waals surface area contributed by atoms with E-state index >= 15 is 0 Å². The quantitative estimate of drug-likeness (QED) is 0.755. The predicted molar refractivity (Wildman–Crippen MR) is 60.7 cm³/mol. The van der Waals surface area contributed by atoms with Crippen LogP contribution in [0, 0.1) is 5.92 Å². The lowest BCUT2D eigenvalue weighted by atomic mass is 9.89. The van der Waals surface area contributed by atoms with E-state index in [1.54, 1.807) is 11.8 Å². The Labute approximate surface area is 95.5 Å². The Kier molecular flexibility index (Phi) is 4.31. The van der Waals surface area contributed by atoms with E-state index < -0.39 is 6.29 Å². The van der Waals surface area contributed by atoms with Crippen molar-refractivity contribution >= 4 is 11.8 Å². The van der Waals surface area contributed by atoms with Crippen LogP contribution >= 0.6 is 11.8 Å². The van der Waals surface area contributed by atoms with Gasteiger partial charge in [0.1, 0.15) is 0 Å². The molecule has 4 heteroatoms. The van der Waals surface area contributed by atoms with E-state index in [1.165, 1.54) is 12.8 Å². The van der Waals surface area contributed by atoms with Crippen molar-refractivity contribution in [2.75, 3.05) is 12.4 Å². The van der Waals surface area contributed by atoms with Gasteiger partial charge in [-0.1, -0.05) is 19.8 Å². The van der Waals surface area contributed by atoms with E-state index in [0.717, 1.165) is 31.1 Å². The van der Waals surface area contributed by atoms with Crippen molar-refractivity contribution in [3.63, 3.8) is 0 Å². The van der Waals surface area contributed by atoms with Crippen molar-refractivity contribution in [1.29, 1.82) is 0 Å². The van der Waals surface area contributed by atoms with Gasteiger partial charge < -0.3 is 14.6 Å². The highest BCUT2D eigenvalue weighted by molar-refractivity contribution is 8.00. The lowest BCUT2D eigenvalue weighted by Gasteiger charge is -2.30. The Morgan fingerprint density at radius 3 is 3.00 bits per heavy atom. The maximum Gasteiger partial charge on any atom is 0.191 e. The second-order valence-corrected chi connectivity index (χ2v) is 5.74. The van der Waals surface area contributed by atoms with Gasteiger partial charge in [0.05, 0.1) is 12.7 Å². The number of rotatable bonds is 3. The molecule has 1 unspecified atom stereocenters. The molecule has 2 aliphatic rings. The van der Waals surface area contributed by atoms with Crippen molar-refractivity contribution in [1.82, 2.24) is 0 Å². The van der Waals surface area contributed by atoms with Gasteiger partial charge in [0.25, 0.3) is 0 Å². The van der Waals surface area contributed by atoms with Crippen LogP contribution in [0.5, 0.6) is 0 Å². The third kappa shape index (κ3) is 3.34. The number of hydrogen-bond donors (Lipinski definition) is 1. The summed E-state index contributed by atoms with van der Waals surface area (Å²) >= 11 is 1.64. The third-order valence-corrected chi connectivity index (χ3v) is 4.20. The summed E-state index contributed by atoms with van der Waals surface area (Å²) in [5, 5.41) is 9.82. The van der Waals surface area contributed by atoms with Gasteiger partial charge in [-0.15, -0.1) is 11.8 Å². The first-order chi connectivity index (χ1) is 7.25. The van der Waals surface area contributed by atoms with E-state index in [-0.39, 0.29) is 11.5 Å². The maximum atomic E-state index is 9.82. The molecule has 1 aliphatic heterocycles. The smallest absolute Gasteiger partial charge is 0.191 e. The zero-order valence-corrected chi connectivity index (χ0v) is 10.0. The van der Waals surface area contributed by atoms with E-state index in [2.05, 4.69) is 6.92 Å². The molecular formula is C11H20O3S. The fraction of sp³-hybridized carbons (Fsp3) is 1.00. The first-order valence-corrected chi connectivity index (χ1v) is 6.87. The van der Waals surface area contributed by atoms with E-state index in [4.69, 9.17) is 9.47 Å². The average Bonchev–Trinajstić information content (AvgIpc) is 2.70. The van der Waals surface area contributed by atoms with Crippen LogP contribution in [0.25, 0.3) is 0 Å². The highest BCUT2D eigenvalue weighted by atomic mass is 32.2. The lowest BCUT2D eigenvalue weighted by molar-refractivity contribution is -0.181. The van der Waals surface area contributed by atoms with Crippen molar-refractivity contribution in [2.45, 2.75) is 50.4 Å². The molecule has 1 N–H and O–H groups in total. The fourth-order valence-corrected chi connectivity index (χ4v) is 3.15. The summed E-state index contributed by atoms with van der Waals surface area (Å²) in [7, 11) is 0. The molecular weight excluding hydrogens is 212 g/mol. The largest absolute Gasteiger partial charge is 0.365 e. The first kappa shape index (κ1) is 11.7. The van der Waals surface area contributed by atoms with Crippen LogP contribution in [-0.4, -0.2) is 35.3 Å². The Hall–Kier alpha value is 0.230. The average molecular weight is 232 g/mol. The van der Waals surface area contributed by atoms with Crippen LogP contribution in [0.4, 0.5) is 0 Å². The summed E-state index contributed by atoms with van der Waals surface area (Å²) in [4.78, 5) is 0. The Bertz CT molecular complexity index is 194. The molecule has 0 aromatic heterocycles. The number of aliphatic hydroxyl groups is 1. The molecule has 1 aliphatic carbocycles. The predicted octanol–water partition coefficient (Wildman–Crippen LogP) is 1.99. The molecule has 2 rings (SSSR count). The van der Waals surface area contributed by atoms with Crippen LogP contribution in [0.1, 0.15) is 32.6 Å². The summed E-state index contributed by atoms with van der Waals surface area (Å²) in [6, 6.07) is 0. The molecule has 2 fully saturated rings. The Morgan fingerprint density at radius 1 is 1.47 bits per heavy atom. The van der Waals surface area contributed by atoms with Gasteiger partial charge in [0.15, 0.2) is 11.7 Å². The molecule has 15 heavy (non-hydrogen) atoms. The number of ether oxygens (including phenoxy) is 2. The van der Waals surface area contributed by atoms with Gasteiger partial charge in [-0.2, -0.15) is 0 Å². The minimum absolute atomic E-state index is 0.165. The van der Waals surface area contributed by atoms with Crippen molar-refractivity contribution in [2.24, 2.45) is 5.92 Å². The number of thioether (sulfide) groups is 1. The summed E-state index contributed by atoms with van der Waals surface area (Å²) in [5.74, 6) is 1.69. The van der Waals surface area contributed by atoms with E-state index in [0.29, 0.717) is 0 Å². The van der Waals surface area contributed by atoms with Crippen LogP contribution in [0.15, 0.2) is 0 Å². The van der Waals surface area contributed by atoms with Gasteiger partial charge in [-0.3, -0.25) is 0 Å². The monoisotopic (exact) mass is 232 g/mol. The molecule has 1 saturated carbocycles. The summed E-state index contributed by atoms with van der Waals surface area (Å²) in [6.07, 6.45) is 4.16. The maximum absolute atomic E-state index is 9.82. The highest BCUT2D eigenvalue weighted by Gasteiger charge is 2.29. The van der Waals surface area contributed by atoms with Crippen LogP contribution in [0.2, 0.25) is 0 Å². The van der Waals surface area contributed by atoms with Gasteiger partial charge in [0, 0.05) is 5.75 Å². The molecule has 0 amide bonds. The minimum Gasteiger partial charge on any atom is -0.365 e. The minimum atomic E-state index is -0.743. The Balaban J connectivity index is 1.74. The standard InChI is InChI=1S/C11H20O3S/c1-8-3-2-4-9(7-8)14-10(12)11-13-5-6-15-11/h8-12H,2-7H2,1H3/t8-,9+,10?,11+/m1/s1. The second-order valence-electron chi connectivity index (χ2n) is 4.53. The van der Waals surface area contributed by atoms with Gasteiger partial charge in [-0.05, 0) is 18.8 Å². The number of aliphatic hydroxyl groups excluding tert-OH is 1. The molecule has 3 nitrogen and oxygen atoms in total. The van der Waals surface area contributed by atoms with Gasteiger partial charge >= 0.3 is 0 Å². The van der Waals surface area contributed by atoms with Crippen molar-refractivity contribution in [3.05, 3.63) is 0 Å². The molecule has 1 heterocycles. The topological polar surface area (TPSA) is 38.7 Å². The second kappa shape index (κ2) is 5.53. The van der Waals surface area contributed by atoms with Gasteiger partial charge in [0.2, 0.25) is 0 Å². The summed E-state index contributed by atoms with van der Waals surface area (Å²) in [6.45, 7) is 2.99. The van der Waals surface area contributed by atoms with Crippen molar-refractivity contribution in [3.8, 4) is 0 Å². The summed E-state index contributed by atoms with van der Waals surface area (Å²) in [5.41, 5.74) is -0.165. The SMILES string of the molecule is C[C@@H]1CCC[C@H](OC(O)[C@H]2OCCS2)C1. The molecule has 0 bridgehead atoms. The fourth-order valence-electron chi connectivity index (χ4n) is 2.30. The zero-order valence-electron chi connectivity index (χ0n) is 9.22. The Morgan fingerprint density at radius 2 is 2.33 bits per heavy atom. The zero-order chi connectivity index (χ0) is 10.7. The normalized spacial score (nSPS) is 39.2. The number of hydrogen-bond acceptors (Lipinski definition) is 4. The molecule has 0 aromatic carbocycles. The lowest BCUT2D eigenvalue weighted by Crippen LogP contribution is -2.33. The van der Waals surface area contributed by atoms with Crippen molar-refractivity contribution < 1.29 is 14.6 Å². The highest BCUT2D eigenvalue weighted by Crippen LogP contribution is 2.29. The van der Waals surface area contributed by atoms with Gasteiger partial charge in [-0.25, -0.2) is 0 Å². The molecule has 0 aromatic rings. The molecule has 0 radical (unpaired) electrons. The third-order valence-electron chi connectivity index (χ3n) is 3.10. The van der Waals surface area contributed by atoms with Crippen LogP contribution in [-0.2, 0) is 9.47 Å². The molecule has 88 valence electrons. The van der Waals surface area contributed by atoms with E-state index in [1.807, 2.05) is 0 Å². The summed E-state index contributed by atoms with van der Waals surface area (Å²) < 4.78 is 11.0. The van der Waals surface area contributed by atoms with E-state index in [9.17, 15) is 5.11 Å². The molecule has 1 saturated heterocycles. The van der Waals surface area contributed by atoms with Crippen LogP contribution < -0.4 is 0 Å².